The molecule has 0 saturated carbocycles. The lowest BCUT2D eigenvalue weighted by atomic mass is 9.77. The Hall–Kier alpha value is -5.53. The summed E-state index contributed by atoms with van der Waals surface area (Å²) in [6, 6.07) is 44.4. The molecule has 0 fully saturated rings. The fourth-order valence-corrected chi connectivity index (χ4v) is 7.28. The van der Waals surface area contributed by atoms with E-state index in [-0.39, 0.29) is 20.6 Å². The number of rotatable bonds is 10. The quantitative estimate of drug-likeness (QED) is 0.141. The zero-order valence-electron chi connectivity index (χ0n) is 28.1. The lowest BCUT2D eigenvalue weighted by Crippen LogP contribution is -2.19. The Morgan fingerprint density at radius 2 is 0.776 bits per heavy atom. The van der Waals surface area contributed by atoms with Crippen LogP contribution >= 0.6 is 0 Å². The van der Waals surface area contributed by atoms with E-state index < -0.39 is 9.84 Å². The van der Waals surface area contributed by atoms with E-state index in [1.165, 1.54) is 0 Å². The van der Waals surface area contributed by atoms with Gasteiger partial charge in [-0.25, -0.2) is 8.42 Å². The topological polar surface area (TPSA) is 105 Å². The molecule has 6 rings (SSSR count). The van der Waals surface area contributed by atoms with Crippen LogP contribution in [0.1, 0.15) is 49.9 Å². The van der Waals surface area contributed by atoms with Crippen LogP contribution in [0.15, 0.2) is 155 Å². The van der Waals surface area contributed by atoms with Gasteiger partial charge < -0.3 is 20.9 Å². The van der Waals surface area contributed by atoms with Crippen molar-refractivity contribution in [3.63, 3.8) is 0 Å². The maximum atomic E-state index is 13.6. The Morgan fingerprint density at radius 3 is 1.12 bits per heavy atom. The van der Waals surface area contributed by atoms with Gasteiger partial charge in [0.2, 0.25) is 9.84 Å². The van der Waals surface area contributed by atoms with E-state index >= 15 is 0 Å². The minimum atomic E-state index is -3.79. The van der Waals surface area contributed by atoms with Crippen LogP contribution in [0.4, 0.5) is 11.4 Å². The normalized spacial score (nSPS) is 12.0. The fraction of sp³-hybridized carbons (Fsp3) is 0.143. The van der Waals surface area contributed by atoms with Gasteiger partial charge in [0.05, 0.1) is 9.79 Å². The number of benzene rings is 6. The molecule has 7 heteroatoms. The zero-order chi connectivity index (χ0) is 34.8. The van der Waals surface area contributed by atoms with Crippen LogP contribution < -0.4 is 20.9 Å². The van der Waals surface area contributed by atoms with E-state index in [0.29, 0.717) is 34.4 Å². The number of nitrogens with two attached hydrogens (primary N) is 2. The third-order valence-corrected chi connectivity index (χ3v) is 10.9. The van der Waals surface area contributed by atoms with Crippen LogP contribution in [0.3, 0.4) is 0 Å². The first-order valence-corrected chi connectivity index (χ1v) is 17.6. The molecule has 248 valence electrons. The van der Waals surface area contributed by atoms with Crippen LogP contribution in [-0.2, 0) is 20.7 Å². The predicted molar refractivity (Wildman–Crippen MR) is 197 cm³/mol. The summed E-state index contributed by atoms with van der Waals surface area (Å²) in [6.45, 7) is 8.53. The van der Waals surface area contributed by atoms with Crippen molar-refractivity contribution in [2.24, 2.45) is 0 Å². The van der Waals surface area contributed by atoms with Gasteiger partial charge in [-0.05, 0) is 96.1 Å². The van der Waals surface area contributed by atoms with E-state index in [9.17, 15) is 8.42 Å². The molecule has 0 spiro atoms. The summed E-state index contributed by atoms with van der Waals surface area (Å²) in [7, 11) is -3.79. The molecule has 0 atom stereocenters. The van der Waals surface area contributed by atoms with E-state index in [0.717, 1.165) is 22.3 Å². The van der Waals surface area contributed by atoms with E-state index in [4.69, 9.17) is 20.9 Å². The summed E-state index contributed by atoms with van der Waals surface area (Å²) in [5.74, 6) is 2.44. The van der Waals surface area contributed by atoms with E-state index in [1.807, 2.05) is 97.1 Å². The first-order valence-electron chi connectivity index (χ1n) is 16.1. The molecule has 0 aliphatic carbocycles. The molecule has 4 N–H and O–H groups in total. The molecule has 0 radical (unpaired) electrons. The van der Waals surface area contributed by atoms with Gasteiger partial charge in [0.25, 0.3) is 0 Å². The van der Waals surface area contributed by atoms with Crippen LogP contribution in [0.5, 0.6) is 23.0 Å². The highest BCUT2D eigenvalue weighted by Crippen LogP contribution is 2.41. The SMILES string of the molecule is CC(C)(c1ccc(N)cc1)c1ccccc1Oc1ccc(S(=O)(=O)c2ccc(Oc3ccccc3C(C)(C)c3ccc(N)cc3)cc2)cc1. The van der Waals surface area contributed by atoms with Crippen molar-refractivity contribution in [1.82, 2.24) is 0 Å². The Kier molecular flexibility index (Phi) is 8.97. The van der Waals surface area contributed by atoms with Gasteiger partial charge in [0, 0.05) is 33.3 Å². The Bertz CT molecular complexity index is 2020. The molecule has 49 heavy (non-hydrogen) atoms. The van der Waals surface area contributed by atoms with Crippen LogP contribution in [0.2, 0.25) is 0 Å². The molecular formula is C42H40N2O4S. The number of anilines is 2. The van der Waals surface area contributed by atoms with Crippen LogP contribution in [0, 0.1) is 0 Å². The molecule has 6 aromatic rings. The maximum Gasteiger partial charge on any atom is 0.206 e. The third-order valence-electron chi connectivity index (χ3n) is 9.11. The molecular weight excluding hydrogens is 629 g/mol. The van der Waals surface area contributed by atoms with Crippen LogP contribution in [-0.4, -0.2) is 8.42 Å². The monoisotopic (exact) mass is 668 g/mol. The van der Waals surface area contributed by atoms with E-state index in [1.54, 1.807) is 48.5 Å². The fourth-order valence-electron chi connectivity index (χ4n) is 6.02. The summed E-state index contributed by atoms with van der Waals surface area (Å²) < 4.78 is 39.8. The third kappa shape index (κ3) is 6.89. The lowest BCUT2D eigenvalue weighted by molar-refractivity contribution is 0.461. The van der Waals surface area contributed by atoms with Crippen molar-refractivity contribution >= 4 is 21.2 Å². The van der Waals surface area contributed by atoms with Crippen LogP contribution in [0.25, 0.3) is 0 Å². The van der Waals surface area contributed by atoms with Crippen molar-refractivity contribution in [3.8, 4) is 23.0 Å². The Labute approximate surface area is 288 Å². The highest BCUT2D eigenvalue weighted by Gasteiger charge is 2.28. The maximum absolute atomic E-state index is 13.6. The van der Waals surface area contributed by atoms with Gasteiger partial charge in [-0.15, -0.1) is 0 Å². The predicted octanol–water partition coefficient (Wildman–Crippen LogP) is 9.92. The molecule has 0 heterocycles. The average molecular weight is 669 g/mol. The average Bonchev–Trinajstić information content (AvgIpc) is 3.09. The van der Waals surface area contributed by atoms with Gasteiger partial charge in [-0.3, -0.25) is 0 Å². The largest absolute Gasteiger partial charge is 0.457 e. The summed E-state index contributed by atoms with van der Waals surface area (Å²) in [6.07, 6.45) is 0. The first kappa shape index (κ1) is 33.4. The summed E-state index contributed by atoms with van der Waals surface area (Å²) in [5, 5.41) is 0. The van der Waals surface area contributed by atoms with Crippen molar-refractivity contribution in [2.75, 3.05) is 11.5 Å². The molecule has 0 saturated heterocycles. The number of hydrogen-bond acceptors (Lipinski definition) is 6. The standard InChI is InChI=1S/C42H40N2O4S/c1-41(2,29-13-17-31(43)18-14-29)37-9-5-7-11-39(37)47-33-21-25-35(26-22-33)49(45,46)36-27-23-34(24-28-36)48-40-12-8-6-10-38(40)42(3,4)30-15-19-32(44)20-16-30/h5-28H,43-44H2,1-4H3. The molecule has 0 bridgehead atoms. The number of sulfone groups is 1. The summed E-state index contributed by atoms with van der Waals surface area (Å²) >= 11 is 0. The van der Waals surface area contributed by atoms with Gasteiger partial charge in [0.15, 0.2) is 0 Å². The zero-order valence-corrected chi connectivity index (χ0v) is 28.9. The number of ether oxygens (including phenoxy) is 2. The molecule has 6 nitrogen and oxygen atoms in total. The Morgan fingerprint density at radius 1 is 0.449 bits per heavy atom. The van der Waals surface area contributed by atoms with Gasteiger partial charge >= 0.3 is 0 Å². The second-order valence-corrected chi connectivity index (χ2v) is 15.1. The van der Waals surface area contributed by atoms with Gasteiger partial charge in [-0.1, -0.05) is 88.4 Å². The second kappa shape index (κ2) is 13.2. The van der Waals surface area contributed by atoms with Gasteiger partial charge in [0.1, 0.15) is 23.0 Å². The van der Waals surface area contributed by atoms with Crippen molar-refractivity contribution < 1.29 is 17.9 Å². The molecule has 0 unspecified atom stereocenters. The smallest absolute Gasteiger partial charge is 0.206 e. The lowest BCUT2D eigenvalue weighted by Gasteiger charge is -2.28. The number of para-hydroxylation sites is 2. The van der Waals surface area contributed by atoms with E-state index in [2.05, 4.69) is 27.7 Å². The van der Waals surface area contributed by atoms with Gasteiger partial charge in [-0.2, -0.15) is 0 Å². The Balaban J connectivity index is 1.19. The highest BCUT2D eigenvalue weighted by molar-refractivity contribution is 7.91. The van der Waals surface area contributed by atoms with Crippen molar-refractivity contribution in [1.29, 1.82) is 0 Å². The number of hydrogen-bond donors (Lipinski definition) is 2. The summed E-state index contributed by atoms with van der Waals surface area (Å²) in [5.41, 5.74) is 16.7. The minimum absolute atomic E-state index is 0.166. The minimum Gasteiger partial charge on any atom is -0.457 e. The summed E-state index contributed by atoms with van der Waals surface area (Å²) in [4.78, 5) is 0.333. The molecule has 0 aliphatic rings. The van der Waals surface area contributed by atoms with Crippen molar-refractivity contribution in [2.45, 2.75) is 48.3 Å². The number of nitrogen functional groups attached to an aromatic ring is 2. The first-order chi connectivity index (χ1) is 23.4. The highest BCUT2D eigenvalue weighted by atomic mass is 32.2. The molecule has 0 aliphatic heterocycles. The molecule has 6 aromatic carbocycles. The molecule has 0 aromatic heterocycles. The molecule has 0 amide bonds. The van der Waals surface area contributed by atoms with Crippen molar-refractivity contribution in [3.05, 3.63) is 168 Å². The second-order valence-electron chi connectivity index (χ2n) is 13.1.